The van der Waals surface area contributed by atoms with E-state index in [0.29, 0.717) is 13.0 Å². The molecule has 1 heterocycles. The molecule has 2 atom stereocenters. The molecule has 0 bridgehead atoms. The van der Waals surface area contributed by atoms with Crippen LogP contribution in [0.2, 0.25) is 0 Å². The van der Waals surface area contributed by atoms with Gasteiger partial charge in [0, 0.05) is 12.8 Å². The number of nitrogens with zero attached hydrogens (tertiary/aromatic N) is 1. The largest absolute Gasteiger partial charge is 0.516 e. The Hall–Kier alpha value is -1.14. The van der Waals surface area contributed by atoms with Gasteiger partial charge in [0.15, 0.2) is 6.04 Å². The molecule has 1 aliphatic heterocycles. The molecule has 0 aromatic rings. The smallest absolute Gasteiger partial charge is 0.414 e. The van der Waals surface area contributed by atoms with E-state index in [9.17, 15) is 9.59 Å². The molecule has 0 saturated carbocycles. The van der Waals surface area contributed by atoms with Gasteiger partial charge in [0.25, 0.3) is 0 Å². The zero-order valence-corrected chi connectivity index (χ0v) is 11.8. The zero-order valence-electron chi connectivity index (χ0n) is 11.8. The average molecular weight is 259 g/mol. The van der Waals surface area contributed by atoms with Crippen molar-refractivity contribution in [1.29, 1.82) is 0 Å². The van der Waals surface area contributed by atoms with Crippen LogP contribution in [0.3, 0.4) is 0 Å². The van der Waals surface area contributed by atoms with Gasteiger partial charge in [0.2, 0.25) is 0 Å². The lowest BCUT2D eigenvalue weighted by Gasteiger charge is -2.33. The molecule has 6 heteroatoms. The number of hydrogen-bond acceptors (Lipinski definition) is 4. The number of ether oxygens (including phenoxy) is 1. The molecule has 0 aliphatic carbocycles. The fraction of sp³-hybridized carbons (Fsp3) is 0.833. The first-order chi connectivity index (χ1) is 8.20. The van der Waals surface area contributed by atoms with Crippen molar-refractivity contribution >= 4 is 12.0 Å². The highest BCUT2D eigenvalue weighted by Crippen LogP contribution is 2.28. The van der Waals surface area contributed by atoms with E-state index in [-0.39, 0.29) is 16.5 Å². The second-order valence-electron chi connectivity index (χ2n) is 5.80. The monoisotopic (exact) mass is 259 g/mol. The Morgan fingerprint density at radius 1 is 1.33 bits per heavy atom. The quantitative estimate of drug-likeness (QED) is 0.598. The predicted octanol–water partition coefficient (Wildman–Crippen LogP) is 1.21. The molecule has 0 aromatic heterocycles. The molecule has 0 aromatic carbocycles. The third-order valence-electron chi connectivity index (χ3n) is 3.10. The first kappa shape index (κ1) is 14.9. The van der Waals surface area contributed by atoms with Crippen LogP contribution in [0, 0.1) is 0 Å². The number of quaternary nitrogens is 1. The van der Waals surface area contributed by atoms with E-state index in [1.165, 1.54) is 7.11 Å². The Morgan fingerprint density at radius 3 is 2.44 bits per heavy atom. The number of amides is 2. The SMILES string of the molecule is CONC(=O)[C@H]1CCC[N+]1(C)C(=O)OC(C)(C)C. The van der Waals surface area contributed by atoms with Crippen LogP contribution in [0.5, 0.6) is 0 Å². The molecule has 0 spiro atoms. The molecular formula is C12H23N2O4+. The number of likely N-dealkylation sites (N-methyl/N-ethyl adjacent to an activating group) is 1. The van der Waals surface area contributed by atoms with Crippen LogP contribution >= 0.6 is 0 Å². The van der Waals surface area contributed by atoms with Crippen molar-refractivity contribution in [3.8, 4) is 0 Å². The predicted molar refractivity (Wildman–Crippen MR) is 65.5 cm³/mol. The van der Waals surface area contributed by atoms with E-state index in [1.807, 2.05) is 20.8 Å². The second-order valence-corrected chi connectivity index (χ2v) is 5.80. The Bertz CT molecular complexity index is 337. The lowest BCUT2D eigenvalue weighted by Crippen LogP contribution is -2.59. The normalized spacial score (nSPS) is 27.9. The van der Waals surface area contributed by atoms with Crippen LogP contribution in [0.15, 0.2) is 0 Å². The van der Waals surface area contributed by atoms with E-state index in [1.54, 1.807) is 7.05 Å². The van der Waals surface area contributed by atoms with Gasteiger partial charge in [0.1, 0.15) is 5.60 Å². The van der Waals surface area contributed by atoms with Gasteiger partial charge < -0.3 is 4.74 Å². The maximum absolute atomic E-state index is 12.2. The minimum absolute atomic E-state index is 0.0214. The van der Waals surface area contributed by atoms with Gasteiger partial charge in [0.05, 0.1) is 20.7 Å². The molecular weight excluding hydrogens is 236 g/mol. The van der Waals surface area contributed by atoms with Crippen molar-refractivity contribution < 1.29 is 23.6 Å². The summed E-state index contributed by atoms with van der Waals surface area (Å²) in [5, 5.41) is 0. The fourth-order valence-electron chi connectivity index (χ4n) is 2.20. The maximum Gasteiger partial charge on any atom is 0.516 e. The summed E-state index contributed by atoms with van der Waals surface area (Å²) < 4.78 is 5.37. The molecule has 6 nitrogen and oxygen atoms in total. The van der Waals surface area contributed by atoms with E-state index in [2.05, 4.69) is 10.3 Å². The summed E-state index contributed by atoms with van der Waals surface area (Å²) in [6, 6.07) is -0.445. The number of hydrogen-bond donors (Lipinski definition) is 1. The van der Waals surface area contributed by atoms with E-state index in [0.717, 1.165) is 6.42 Å². The summed E-state index contributed by atoms with van der Waals surface area (Å²) in [7, 11) is 3.12. The number of hydroxylamine groups is 1. The highest BCUT2D eigenvalue weighted by atomic mass is 16.6. The third-order valence-corrected chi connectivity index (χ3v) is 3.10. The lowest BCUT2D eigenvalue weighted by molar-refractivity contribution is -0.841. The zero-order chi connectivity index (χ0) is 14.0. The molecule has 2 amide bonds. The van der Waals surface area contributed by atoms with Crippen molar-refractivity contribution in [2.45, 2.75) is 45.3 Å². The highest BCUT2D eigenvalue weighted by molar-refractivity contribution is 5.81. The molecule has 104 valence electrons. The van der Waals surface area contributed by atoms with Crippen LogP contribution in [-0.2, 0) is 14.4 Å². The first-order valence-corrected chi connectivity index (χ1v) is 6.12. The first-order valence-electron chi connectivity index (χ1n) is 6.12. The highest BCUT2D eigenvalue weighted by Gasteiger charge is 2.51. The Morgan fingerprint density at radius 2 is 1.94 bits per heavy atom. The summed E-state index contributed by atoms with van der Waals surface area (Å²) in [6.07, 6.45) is 1.11. The Kier molecular flexibility index (Phi) is 4.34. The average Bonchev–Trinajstić information content (AvgIpc) is 2.59. The molecule has 1 unspecified atom stereocenters. The minimum Gasteiger partial charge on any atom is -0.414 e. The molecule has 1 fully saturated rings. The number of carbonyl (C=O) groups is 2. The summed E-state index contributed by atoms with van der Waals surface area (Å²) in [6.45, 7) is 6.06. The number of carbonyl (C=O) groups excluding carboxylic acids is 2. The third kappa shape index (κ3) is 3.20. The Balaban J connectivity index is 2.82. The van der Waals surface area contributed by atoms with Crippen LogP contribution in [0.1, 0.15) is 33.6 Å². The van der Waals surface area contributed by atoms with Gasteiger partial charge >= 0.3 is 12.0 Å². The van der Waals surface area contributed by atoms with Gasteiger partial charge in [-0.1, -0.05) is 0 Å². The van der Waals surface area contributed by atoms with Gasteiger partial charge in [-0.05, 0) is 20.8 Å². The standard InChI is InChI=1S/C12H22N2O4/c1-12(2,3)18-11(16)14(4)8-6-7-9(14)10(15)13-17-5/h9H,6-8H2,1-5H3/p+1/t9-,14?/m1/s1. The molecule has 0 radical (unpaired) electrons. The lowest BCUT2D eigenvalue weighted by atomic mass is 10.2. The summed E-state index contributed by atoms with van der Waals surface area (Å²) in [4.78, 5) is 28.7. The van der Waals surface area contributed by atoms with Crippen molar-refractivity contribution in [3.63, 3.8) is 0 Å². The van der Waals surface area contributed by atoms with Crippen LogP contribution < -0.4 is 5.48 Å². The Labute approximate surface area is 108 Å². The van der Waals surface area contributed by atoms with Crippen molar-refractivity contribution in [2.75, 3.05) is 20.7 Å². The minimum atomic E-state index is -0.552. The van der Waals surface area contributed by atoms with E-state index in [4.69, 9.17) is 4.74 Å². The maximum atomic E-state index is 12.2. The van der Waals surface area contributed by atoms with Gasteiger partial charge in [-0.15, -0.1) is 0 Å². The molecule has 1 aliphatic rings. The van der Waals surface area contributed by atoms with Crippen LogP contribution in [-0.4, -0.2) is 48.8 Å². The topological polar surface area (TPSA) is 64.6 Å². The molecule has 1 saturated heterocycles. The number of likely N-dealkylation sites (tertiary alicyclic amines) is 1. The summed E-state index contributed by atoms with van der Waals surface area (Å²) in [5.41, 5.74) is 1.75. The number of nitrogens with one attached hydrogen (secondary N) is 1. The van der Waals surface area contributed by atoms with Crippen LogP contribution in [0.25, 0.3) is 0 Å². The van der Waals surface area contributed by atoms with Gasteiger partial charge in [-0.25, -0.2) is 9.96 Å². The van der Waals surface area contributed by atoms with Crippen molar-refractivity contribution in [2.24, 2.45) is 0 Å². The molecule has 18 heavy (non-hydrogen) atoms. The molecule has 1 N–H and O–H groups in total. The van der Waals surface area contributed by atoms with Gasteiger partial charge in [-0.3, -0.25) is 9.63 Å². The van der Waals surface area contributed by atoms with E-state index < -0.39 is 11.6 Å². The number of rotatable bonds is 2. The van der Waals surface area contributed by atoms with Crippen molar-refractivity contribution in [1.82, 2.24) is 5.48 Å². The van der Waals surface area contributed by atoms with Gasteiger partial charge in [-0.2, -0.15) is 4.79 Å². The van der Waals surface area contributed by atoms with Crippen LogP contribution in [0.4, 0.5) is 4.79 Å². The second kappa shape index (κ2) is 5.24. The van der Waals surface area contributed by atoms with Crippen molar-refractivity contribution in [3.05, 3.63) is 0 Å². The summed E-state index contributed by atoms with van der Waals surface area (Å²) in [5.74, 6) is -0.275. The fourth-order valence-corrected chi connectivity index (χ4v) is 2.20. The molecule has 1 rings (SSSR count). The van der Waals surface area contributed by atoms with E-state index >= 15 is 0 Å². The summed E-state index contributed by atoms with van der Waals surface area (Å²) >= 11 is 0.